The molecule has 0 bridgehead atoms. The van der Waals surface area contributed by atoms with Crippen LogP contribution in [0.2, 0.25) is 0 Å². The molecule has 0 atom stereocenters. The largest absolute Gasteiger partial charge is 0.497 e. The first-order valence-electron chi connectivity index (χ1n) is 10.2. The molecule has 9 heteroatoms. The third-order valence-corrected chi connectivity index (χ3v) is 6.92. The minimum atomic E-state index is -0.334. The quantitative estimate of drug-likeness (QED) is 0.495. The van der Waals surface area contributed by atoms with E-state index in [0.29, 0.717) is 42.4 Å². The number of aliphatic imine (C=N–C) groups is 1. The summed E-state index contributed by atoms with van der Waals surface area (Å²) in [6.07, 6.45) is 2.01. The van der Waals surface area contributed by atoms with Gasteiger partial charge in [-0.15, -0.1) is 22.7 Å². The summed E-state index contributed by atoms with van der Waals surface area (Å²) in [5.74, 6) is 0.506. The number of benzene rings is 1. The number of carbonyl (C=O) groups excluding carboxylic acids is 2. The molecular weight excluding hydrogens is 446 g/mol. The number of thiophene rings is 2. The number of hydrogen-bond donors (Lipinski definition) is 1. The SMILES string of the molecule is CCOC(=O)N1CCc2c(sc(/N=C/c3cccs3)c2C(=O)Nc2ccc(OC)cc2)C1. The lowest BCUT2D eigenvalue weighted by molar-refractivity contribution is 0.102. The molecule has 0 spiro atoms. The normalized spacial score (nSPS) is 13.1. The number of ether oxygens (including phenoxy) is 2. The Morgan fingerprint density at radius 3 is 2.75 bits per heavy atom. The van der Waals surface area contributed by atoms with E-state index in [1.807, 2.05) is 17.5 Å². The lowest BCUT2D eigenvalue weighted by atomic mass is 10.0. The lowest BCUT2D eigenvalue weighted by Gasteiger charge is -2.26. The average Bonchev–Trinajstić information content (AvgIpc) is 3.45. The first kappa shape index (κ1) is 22.0. The summed E-state index contributed by atoms with van der Waals surface area (Å²) < 4.78 is 10.3. The van der Waals surface area contributed by atoms with Crippen molar-refractivity contribution in [2.45, 2.75) is 19.9 Å². The fraction of sp³-hybridized carbons (Fsp3) is 0.261. The maximum atomic E-state index is 13.3. The van der Waals surface area contributed by atoms with Crippen LogP contribution in [0.1, 0.15) is 32.6 Å². The van der Waals surface area contributed by atoms with Crippen LogP contribution in [0, 0.1) is 0 Å². The van der Waals surface area contributed by atoms with Crippen LogP contribution < -0.4 is 10.1 Å². The zero-order valence-corrected chi connectivity index (χ0v) is 19.4. The molecule has 0 unspecified atom stereocenters. The van der Waals surface area contributed by atoms with Crippen molar-refractivity contribution in [2.75, 3.05) is 25.6 Å². The van der Waals surface area contributed by atoms with Crippen LogP contribution >= 0.6 is 22.7 Å². The van der Waals surface area contributed by atoms with E-state index in [1.54, 1.807) is 60.8 Å². The molecule has 0 saturated heterocycles. The summed E-state index contributed by atoms with van der Waals surface area (Å²) in [7, 11) is 1.60. The van der Waals surface area contributed by atoms with Crippen molar-refractivity contribution in [3.05, 3.63) is 62.7 Å². The average molecular weight is 470 g/mol. The van der Waals surface area contributed by atoms with Crippen LogP contribution in [0.4, 0.5) is 15.5 Å². The van der Waals surface area contributed by atoms with Crippen molar-refractivity contribution in [1.29, 1.82) is 0 Å². The number of hydrogen-bond acceptors (Lipinski definition) is 7. The number of nitrogens with one attached hydrogen (secondary N) is 1. The van der Waals surface area contributed by atoms with E-state index in [0.717, 1.165) is 21.1 Å². The first-order valence-corrected chi connectivity index (χ1v) is 11.9. The van der Waals surface area contributed by atoms with Gasteiger partial charge in [0.1, 0.15) is 10.8 Å². The van der Waals surface area contributed by atoms with Gasteiger partial charge in [-0.1, -0.05) is 6.07 Å². The van der Waals surface area contributed by atoms with Gasteiger partial charge >= 0.3 is 6.09 Å². The van der Waals surface area contributed by atoms with Gasteiger partial charge in [0.15, 0.2) is 0 Å². The van der Waals surface area contributed by atoms with Crippen molar-refractivity contribution < 1.29 is 19.1 Å². The van der Waals surface area contributed by atoms with Gasteiger partial charge in [0.05, 0.1) is 25.8 Å². The van der Waals surface area contributed by atoms with Crippen LogP contribution in [0.25, 0.3) is 0 Å². The first-order chi connectivity index (χ1) is 15.6. The number of fused-ring (bicyclic) bond motifs is 1. The molecule has 4 rings (SSSR count). The smallest absolute Gasteiger partial charge is 0.410 e. The van der Waals surface area contributed by atoms with Gasteiger partial charge in [-0.3, -0.25) is 4.79 Å². The van der Waals surface area contributed by atoms with Gasteiger partial charge in [-0.05, 0) is 54.6 Å². The molecular formula is C23H23N3O4S2. The highest BCUT2D eigenvalue weighted by molar-refractivity contribution is 7.16. The molecule has 0 aliphatic carbocycles. The maximum Gasteiger partial charge on any atom is 0.410 e. The van der Waals surface area contributed by atoms with Crippen LogP contribution in [-0.2, 0) is 17.7 Å². The van der Waals surface area contributed by atoms with Gasteiger partial charge < -0.3 is 19.7 Å². The molecule has 7 nitrogen and oxygen atoms in total. The standard InChI is InChI=1S/C23H23N3O4S2/c1-3-30-23(28)26-11-10-18-19(14-26)32-22(24-13-17-5-4-12-31-17)20(18)21(27)25-15-6-8-16(29-2)9-7-15/h4-9,12-13H,3,10-11,14H2,1-2H3,(H,25,27)/b24-13+. The highest BCUT2D eigenvalue weighted by Gasteiger charge is 2.30. The Balaban J connectivity index is 1.64. The van der Waals surface area contributed by atoms with Crippen molar-refractivity contribution in [3.8, 4) is 5.75 Å². The molecule has 0 saturated carbocycles. The Labute approximate surface area is 194 Å². The number of nitrogens with zero attached hydrogens (tertiary/aromatic N) is 2. The monoisotopic (exact) mass is 469 g/mol. The number of rotatable bonds is 6. The van der Waals surface area contributed by atoms with Crippen molar-refractivity contribution in [1.82, 2.24) is 4.90 Å². The van der Waals surface area contributed by atoms with Gasteiger partial charge in [0.25, 0.3) is 5.91 Å². The van der Waals surface area contributed by atoms with Gasteiger partial charge in [0.2, 0.25) is 0 Å². The molecule has 3 heterocycles. The summed E-state index contributed by atoms with van der Waals surface area (Å²) in [6.45, 7) is 3.03. The van der Waals surface area contributed by atoms with Gasteiger partial charge in [-0.2, -0.15) is 0 Å². The Morgan fingerprint density at radius 2 is 2.06 bits per heavy atom. The topological polar surface area (TPSA) is 80.2 Å². The minimum absolute atomic E-state index is 0.212. The molecule has 1 N–H and O–H groups in total. The molecule has 1 aliphatic rings. The molecule has 3 aromatic rings. The number of methoxy groups -OCH3 is 1. The summed E-state index contributed by atoms with van der Waals surface area (Å²) in [5.41, 5.74) is 2.19. The number of amides is 2. The molecule has 0 fully saturated rings. The summed E-state index contributed by atoms with van der Waals surface area (Å²) in [4.78, 5) is 33.8. The number of carbonyl (C=O) groups is 2. The fourth-order valence-corrected chi connectivity index (χ4v) is 5.23. The van der Waals surface area contributed by atoms with Crippen LogP contribution in [0.5, 0.6) is 5.75 Å². The van der Waals surface area contributed by atoms with Crippen LogP contribution in [0.3, 0.4) is 0 Å². The van der Waals surface area contributed by atoms with Gasteiger partial charge in [-0.25, -0.2) is 9.79 Å². The summed E-state index contributed by atoms with van der Waals surface area (Å²) in [5, 5.41) is 5.59. The van der Waals surface area contributed by atoms with E-state index < -0.39 is 0 Å². The molecule has 2 amide bonds. The molecule has 2 aromatic heterocycles. The third-order valence-electron chi connectivity index (χ3n) is 4.99. The molecule has 166 valence electrons. The summed E-state index contributed by atoms with van der Waals surface area (Å²) >= 11 is 3.03. The van der Waals surface area contributed by atoms with E-state index in [-0.39, 0.29) is 12.0 Å². The second-order valence-electron chi connectivity index (χ2n) is 7.01. The second kappa shape index (κ2) is 9.97. The van der Waals surface area contributed by atoms with Crippen molar-refractivity contribution in [3.63, 3.8) is 0 Å². The maximum absolute atomic E-state index is 13.3. The van der Waals surface area contributed by atoms with Crippen LogP contribution in [0.15, 0.2) is 46.8 Å². The predicted molar refractivity (Wildman–Crippen MR) is 128 cm³/mol. The molecule has 32 heavy (non-hydrogen) atoms. The van der Waals surface area contributed by atoms with E-state index in [1.165, 1.54) is 11.3 Å². The zero-order valence-electron chi connectivity index (χ0n) is 17.8. The highest BCUT2D eigenvalue weighted by Crippen LogP contribution is 2.39. The Bertz CT molecular complexity index is 1120. The van der Waals surface area contributed by atoms with E-state index >= 15 is 0 Å². The van der Waals surface area contributed by atoms with Crippen molar-refractivity contribution >= 4 is 51.6 Å². The summed E-state index contributed by atoms with van der Waals surface area (Å²) in [6, 6.07) is 11.1. The Kier molecular flexibility index (Phi) is 6.87. The van der Waals surface area contributed by atoms with E-state index in [4.69, 9.17) is 9.47 Å². The Morgan fingerprint density at radius 1 is 1.25 bits per heavy atom. The van der Waals surface area contributed by atoms with E-state index in [9.17, 15) is 9.59 Å². The zero-order chi connectivity index (χ0) is 22.5. The third kappa shape index (κ3) is 4.84. The molecule has 0 radical (unpaired) electrons. The van der Waals surface area contributed by atoms with E-state index in [2.05, 4.69) is 10.3 Å². The fourth-order valence-electron chi connectivity index (χ4n) is 3.44. The predicted octanol–water partition coefficient (Wildman–Crippen LogP) is 5.34. The molecule has 1 aromatic carbocycles. The number of anilines is 1. The lowest BCUT2D eigenvalue weighted by Crippen LogP contribution is -2.36. The van der Waals surface area contributed by atoms with Crippen molar-refractivity contribution in [2.24, 2.45) is 4.99 Å². The second-order valence-corrected chi connectivity index (χ2v) is 9.07. The minimum Gasteiger partial charge on any atom is -0.497 e. The van der Waals surface area contributed by atoms with Crippen LogP contribution in [-0.4, -0.2) is 43.4 Å². The van der Waals surface area contributed by atoms with Gasteiger partial charge in [0, 0.05) is 28.2 Å². The highest BCUT2D eigenvalue weighted by atomic mass is 32.1. The molecule has 1 aliphatic heterocycles. The Hall–Kier alpha value is -3.17.